The molecule has 1 aromatic carbocycles. The van der Waals surface area contributed by atoms with Gasteiger partial charge in [-0.15, -0.1) is 0 Å². The highest BCUT2D eigenvalue weighted by molar-refractivity contribution is 6.37. The number of amides is 1. The number of hydrogen-bond donors (Lipinski definition) is 2. The zero-order chi connectivity index (χ0) is 14.7. The van der Waals surface area contributed by atoms with E-state index in [4.69, 9.17) is 27.9 Å². The summed E-state index contributed by atoms with van der Waals surface area (Å²) in [6, 6.07) is 6.07. The highest BCUT2D eigenvalue weighted by Gasteiger charge is 2.20. The van der Waals surface area contributed by atoms with Crippen molar-refractivity contribution >= 4 is 34.8 Å². The predicted molar refractivity (Wildman–Crippen MR) is 78.0 cm³/mol. The highest BCUT2D eigenvalue weighted by Crippen LogP contribution is 2.34. The molecule has 2 aromatic rings. The van der Waals surface area contributed by atoms with E-state index in [0.717, 1.165) is 0 Å². The molecule has 0 bridgehead atoms. The van der Waals surface area contributed by atoms with Gasteiger partial charge in [-0.05, 0) is 24.3 Å². The van der Waals surface area contributed by atoms with E-state index in [0.29, 0.717) is 0 Å². The number of aromatic amines is 1. The minimum Gasteiger partial charge on any atom is -0.494 e. The lowest BCUT2D eigenvalue weighted by Crippen LogP contribution is -2.20. The van der Waals surface area contributed by atoms with Crippen LogP contribution in [0.4, 0.5) is 5.69 Å². The number of pyridine rings is 1. The Kier molecular flexibility index (Phi) is 4.32. The van der Waals surface area contributed by atoms with Gasteiger partial charge < -0.3 is 15.0 Å². The monoisotopic (exact) mass is 312 g/mol. The maximum absolute atomic E-state index is 12.2. The van der Waals surface area contributed by atoms with Crippen LogP contribution in [0.3, 0.4) is 0 Å². The summed E-state index contributed by atoms with van der Waals surface area (Å²) in [5, 5.41) is 2.89. The molecular weight excluding hydrogens is 303 g/mol. The summed E-state index contributed by atoms with van der Waals surface area (Å²) < 4.78 is 5.08. The van der Waals surface area contributed by atoms with Crippen LogP contribution in [0.2, 0.25) is 10.0 Å². The number of carbonyl (C=O) groups is 1. The van der Waals surface area contributed by atoms with Gasteiger partial charge in [-0.25, -0.2) is 0 Å². The van der Waals surface area contributed by atoms with Crippen molar-refractivity contribution in [1.29, 1.82) is 0 Å². The van der Waals surface area contributed by atoms with Crippen LogP contribution in [0.5, 0.6) is 5.75 Å². The van der Waals surface area contributed by atoms with Gasteiger partial charge in [-0.1, -0.05) is 23.2 Å². The van der Waals surface area contributed by atoms with Crippen molar-refractivity contribution in [2.45, 2.75) is 0 Å². The third-order valence-electron chi connectivity index (χ3n) is 2.56. The van der Waals surface area contributed by atoms with Crippen LogP contribution < -0.4 is 15.6 Å². The van der Waals surface area contributed by atoms with Crippen molar-refractivity contribution in [3.63, 3.8) is 0 Å². The van der Waals surface area contributed by atoms with Gasteiger partial charge in [0.2, 0.25) is 0 Å². The fourth-order valence-corrected chi connectivity index (χ4v) is 2.12. The van der Waals surface area contributed by atoms with Crippen molar-refractivity contribution in [2.24, 2.45) is 0 Å². The summed E-state index contributed by atoms with van der Waals surface area (Å²) in [5.74, 6) is -0.421. The maximum Gasteiger partial charge on any atom is 0.271 e. The molecule has 0 radical (unpaired) electrons. The topological polar surface area (TPSA) is 71.2 Å². The number of rotatable bonds is 3. The Hall–Kier alpha value is -1.98. The maximum atomic E-state index is 12.2. The van der Waals surface area contributed by atoms with Gasteiger partial charge in [0.05, 0.1) is 17.2 Å². The van der Waals surface area contributed by atoms with Crippen LogP contribution in [0, 0.1) is 0 Å². The zero-order valence-corrected chi connectivity index (χ0v) is 11.9. The standard InChI is InChI=1S/C13H10Cl2N2O3/c1-20-11-8(15)5-4-7(14)10(11)13(19)17-9-3-2-6-16-12(9)18/h2-6H,1H3,(H,16,18)(H,17,19). The number of H-pyrrole nitrogens is 1. The molecule has 0 saturated heterocycles. The van der Waals surface area contributed by atoms with Gasteiger partial charge in [-0.3, -0.25) is 9.59 Å². The second-order valence-electron chi connectivity index (χ2n) is 3.80. The molecule has 0 fully saturated rings. The zero-order valence-electron chi connectivity index (χ0n) is 10.4. The largest absolute Gasteiger partial charge is 0.494 e. The normalized spacial score (nSPS) is 10.2. The molecule has 0 aliphatic rings. The summed E-state index contributed by atoms with van der Waals surface area (Å²) in [4.78, 5) is 26.2. The van der Waals surface area contributed by atoms with Crippen molar-refractivity contribution < 1.29 is 9.53 Å². The Morgan fingerprint density at radius 1 is 1.25 bits per heavy atom. The third kappa shape index (κ3) is 2.79. The lowest BCUT2D eigenvalue weighted by molar-refractivity contribution is 0.102. The molecule has 1 amide bonds. The molecule has 7 heteroatoms. The van der Waals surface area contributed by atoms with E-state index >= 15 is 0 Å². The Labute approximate surface area is 124 Å². The fraction of sp³-hybridized carbons (Fsp3) is 0.0769. The number of methoxy groups -OCH3 is 1. The minimum absolute atomic E-state index is 0.0740. The average molecular weight is 313 g/mol. The van der Waals surface area contributed by atoms with Crippen LogP contribution in [0.15, 0.2) is 35.3 Å². The van der Waals surface area contributed by atoms with Crippen LogP contribution >= 0.6 is 23.2 Å². The lowest BCUT2D eigenvalue weighted by atomic mass is 10.1. The molecule has 104 valence electrons. The van der Waals surface area contributed by atoms with Gasteiger partial charge in [0.25, 0.3) is 11.5 Å². The van der Waals surface area contributed by atoms with E-state index in [2.05, 4.69) is 10.3 Å². The molecule has 0 saturated carbocycles. The van der Waals surface area contributed by atoms with E-state index in [-0.39, 0.29) is 27.0 Å². The molecule has 2 N–H and O–H groups in total. The summed E-state index contributed by atoms with van der Waals surface area (Å²) in [6.45, 7) is 0. The molecule has 5 nitrogen and oxygen atoms in total. The van der Waals surface area contributed by atoms with E-state index in [9.17, 15) is 9.59 Å². The number of aromatic nitrogens is 1. The molecule has 1 heterocycles. The van der Waals surface area contributed by atoms with Crippen LogP contribution in [-0.2, 0) is 0 Å². The summed E-state index contributed by atoms with van der Waals surface area (Å²) in [7, 11) is 1.38. The third-order valence-corrected chi connectivity index (χ3v) is 3.17. The Balaban J connectivity index is 2.42. The van der Waals surface area contributed by atoms with E-state index in [1.54, 1.807) is 6.07 Å². The first kappa shape index (κ1) is 14.4. The first-order chi connectivity index (χ1) is 9.54. The fourth-order valence-electron chi connectivity index (χ4n) is 1.65. The SMILES string of the molecule is COc1c(Cl)ccc(Cl)c1C(=O)Nc1ccc[nH]c1=O. The van der Waals surface area contributed by atoms with Crippen LogP contribution in [0.1, 0.15) is 10.4 Å². The van der Waals surface area contributed by atoms with Gasteiger partial charge in [-0.2, -0.15) is 0 Å². The van der Waals surface area contributed by atoms with Crippen molar-refractivity contribution in [1.82, 2.24) is 4.98 Å². The summed E-state index contributed by atoms with van der Waals surface area (Å²) in [5.41, 5.74) is -0.238. The Morgan fingerprint density at radius 3 is 2.60 bits per heavy atom. The van der Waals surface area contributed by atoms with Crippen LogP contribution in [-0.4, -0.2) is 18.0 Å². The molecule has 0 atom stereocenters. The number of benzene rings is 1. The molecule has 0 aliphatic heterocycles. The summed E-state index contributed by atoms with van der Waals surface area (Å²) >= 11 is 11.9. The molecular formula is C13H10Cl2N2O3. The second-order valence-corrected chi connectivity index (χ2v) is 4.62. The van der Waals surface area contributed by atoms with Crippen LogP contribution in [0.25, 0.3) is 0 Å². The number of halogens is 2. The summed E-state index contributed by atoms with van der Waals surface area (Å²) in [6.07, 6.45) is 1.46. The van der Waals surface area contributed by atoms with Gasteiger partial charge in [0.15, 0.2) is 5.75 Å². The quantitative estimate of drug-likeness (QED) is 0.915. The van der Waals surface area contributed by atoms with Gasteiger partial charge >= 0.3 is 0 Å². The van der Waals surface area contributed by atoms with E-state index < -0.39 is 11.5 Å². The molecule has 0 aliphatic carbocycles. The predicted octanol–water partition coefficient (Wildman–Crippen LogP) is 2.94. The number of nitrogens with one attached hydrogen (secondary N) is 2. The Bertz CT molecular complexity index is 713. The van der Waals surface area contributed by atoms with Gasteiger partial charge in [0, 0.05) is 6.20 Å². The Morgan fingerprint density at radius 2 is 1.95 bits per heavy atom. The average Bonchev–Trinajstić information content (AvgIpc) is 2.43. The van der Waals surface area contributed by atoms with E-state index in [1.165, 1.54) is 31.5 Å². The number of ether oxygens (including phenoxy) is 1. The molecule has 0 unspecified atom stereocenters. The number of anilines is 1. The van der Waals surface area contributed by atoms with E-state index in [1.807, 2.05) is 0 Å². The molecule has 2 rings (SSSR count). The second kappa shape index (κ2) is 5.98. The number of carbonyl (C=O) groups excluding carboxylic acids is 1. The van der Waals surface area contributed by atoms with Crippen molar-refractivity contribution in [2.75, 3.05) is 12.4 Å². The van der Waals surface area contributed by atoms with Crippen molar-refractivity contribution in [3.05, 3.63) is 56.4 Å². The van der Waals surface area contributed by atoms with Gasteiger partial charge in [0.1, 0.15) is 11.3 Å². The molecule has 1 aromatic heterocycles. The van der Waals surface area contributed by atoms with Crippen molar-refractivity contribution in [3.8, 4) is 5.75 Å². The molecule has 0 spiro atoms. The lowest BCUT2D eigenvalue weighted by Gasteiger charge is -2.11. The number of hydrogen-bond acceptors (Lipinski definition) is 3. The first-order valence-corrected chi connectivity index (χ1v) is 6.31. The first-order valence-electron chi connectivity index (χ1n) is 5.55. The molecule has 20 heavy (non-hydrogen) atoms. The minimum atomic E-state index is -0.578. The highest BCUT2D eigenvalue weighted by atomic mass is 35.5. The smallest absolute Gasteiger partial charge is 0.271 e.